The van der Waals surface area contributed by atoms with Crippen LogP contribution in [0.2, 0.25) is 0 Å². The second-order valence-corrected chi connectivity index (χ2v) is 11.8. The molecule has 0 aliphatic heterocycles. The number of aliphatic hydroxyl groups is 1. The van der Waals surface area contributed by atoms with E-state index in [1.807, 2.05) is 13.8 Å². The van der Waals surface area contributed by atoms with Crippen LogP contribution in [0.4, 0.5) is 4.39 Å². The predicted octanol–water partition coefficient (Wildman–Crippen LogP) is -2.61. The Labute approximate surface area is 214 Å². The van der Waals surface area contributed by atoms with Crippen molar-refractivity contribution in [2.24, 2.45) is 10.8 Å². The Kier molecular flexibility index (Phi) is 11.5. The molecule has 9 heteroatoms. The fraction of sp³-hybridized carbons (Fsp3) is 0.522. The van der Waals surface area contributed by atoms with E-state index in [-0.39, 0.29) is 54.4 Å². The van der Waals surface area contributed by atoms with Crippen LogP contribution in [0.3, 0.4) is 0 Å². The van der Waals surface area contributed by atoms with Gasteiger partial charge in [-0.2, -0.15) is 0 Å². The number of carbonyl (C=O) groups excluding carboxylic acids is 1. The normalized spacial score (nSPS) is 20.1. The first-order valence-electron chi connectivity index (χ1n) is 9.99. The average Bonchev–Trinajstić information content (AvgIpc) is 2.52. The largest absolute Gasteiger partial charge is 1.00 e. The standard InChI is InChI=1S/C23H32FO5P.2Li/c1-15-10-16(6-7-20(15)24)18-12-22(2,3)14-23(4,5)19(18)8-9-30(28,29)13-17(25)11-21(26)27;;/h6-10,17,25H,11-14H2,1-5H3,(H,26,27)(H,28,29);;/q;2*+1/p-2/t17-;;/m1../s1. The van der Waals surface area contributed by atoms with Gasteiger partial charge in [-0.3, -0.25) is 0 Å². The molecule has 2 atom stereocenters. The molecule has 0 saturated heterocycles. The number of carbonyl (C=O) groups is 1. The summed E-state index contributed by atoms with van der Waals surface area (Å²) in [7, 11) is -4.16. The summed E-state index contributed by atoms with van der Waals surface area (Å²) in [5.41, 5.74) is 2.82. The van der Waals surface area contributed by atoms with Crippen LogP contribution >= 0.6 is 7.37 Å². The average molecular weight is 450 g/mol. The molecule has 0 saturated carbocycles. The summed E-state index contributed by atoms with van der Waals surface area (Å²) in [6.07, 6.45) is 0.180. The van der Waals surface area contributed by atoms with Crippen LogP contribution in [-0.4, -0.2) is 23.3 Å². The first kappa shape index (κ1) is 31.4. The van der Waals surface area contributed by atoms with Gasteiger partial charge in [0.1, 0.15) is 5.82 Å². The maximum Gasteiger partial charge on any atom is 1.00 e. The van der Waals surface area contributed by atoms with Gasteiger partial charge in [0.05, 0.1) is 6.10 Å². The second-order valence-electron chi connectivity index (χ2n) is 9.71. The third-order valence-electron chi connectivity index (χ3n) is 5.47. The number of allylic oxidation sites excluding steroid dienone is 3. The van der Waals surface area contributed by atoms with Gasteiger partial charge in [-0.15, -0.1) is 0 Å². The zero-order chi connectivity index (χ0) is 22.9. The molecule has 1 aromatic rings. The number of hydrogen-bond acceptors (Lipinski definition) is 5. The molecule has 0 radical (unpaired) electrons. The van der Waals surface area contributed by atoms with Crippen molar-refractivity contribution >= 4 is 18.9 Å². The Morgan fingerprint density at radius 2 is 1.88 bits per heavy atom. The van der Waals surface area contributed by atoms with E-state index in [9.17, 15) is 28.9 Å². The Bertz CT molecular complexity index is 940. The van der Waals surface area contributed by atoms with Crippen molar-refractivity contribution in [2.45, 2.75) is 60.0 Å². The molecule has 0 spiro atoms. The van der Waals surface area contributed by atoms with E-state index in [0.29, 0.717) is 12.0 Å². The molecule has 1 N–H and O–H groups in total. The first-order chi connectivity index (χ1) is 13.6. The van der Waals surface area contributed by atoms with Crippen molar-refractivity contribution in [2.75, 3.05) is 6.16 Å². The Balaban J connectivity index is 0.00000480. The first-order valence-corrected chi connectivity index (χ1v) is 11.9. The van der Waals surface area contributed by atoms with E-state index in [1.54, 1.807) is 25.1 Å². The van der Waals surface area contributed by atoms with Gasteiger partial charge in [-0.1, -0.05) is 39.8 Å². The van der Waals surface area contributed by atoms with E-state index in [0.717, 1.165) is 28.9 Å². The van der Waals surface area contributed by atoms with Crippen molar-refractivity contribution < 1.29 is 66.6 Å². The van der Waals surface area contributed by atoms with Gasteiger partial charge in [0.2, 0.25) is 0 Å². The molecule has 5 nitrogen and oxygen atoms in total. The SMILES string of the molecule is Cc1cc(C2=C(C=CP(=O)([O-])C[C@H](O)CC(=O)[O-])C(C)(C)CC(C)(C)C2)ccc1F.[Li+].[Li+]. The number of aryl methyl sites for hydroxylation is 1. The number of hydrogen-bond donors (Lipinski definition) is 1. The fourth-order valence-electron chi connectivity index (χ4n) is 4.55. The molecule has 2 rings (SSSR count). The number of benzene rings is 1. The molecular weight excluding hydrogens is 420 g/mol. The summed E-state index contributed by atoms with van der Waals surface area (Å²) in [4.78, 5) is 23.0. The van der Waals surface area contributed by atoms with Gasteiger partial charge in [-0.25, -0.2) is 4.39 Å². The number of aliphatic hydroxyl groups excluding tert-OH is 1. The minimum absolute atomic E-state index is 0. The predicted molar refractivity (Wildman–Crippen MR) is 112 cm³/mol. The molecule has 166 valence electrons. The maximum atomic E-state index is 13.8. The van der Waals surface area contributed by atoms with Crippen molar-refractivity contribution in [3.05, 3.63) is 52.6 Å². The minimum Gasteiger partial charge on any atom is -0.796 e. The number of carboxylic acids is 1. The molecule has 0 aromatic heterocycles. The third kappa shape index (κ3) is 8.66. The third-order valence-corrected chi connectivity index (χ3v) is 7.01. The van der Waals surface area contributed by atoms with Crippen LogP contribution in [-0.2, 0) is 9.36 Å². The van der Waals surface area contributed by atoms with Gasteiger partial charge in [-0.05, 0) is 70.8 Å². The van der Waals surface area contributed by atoms with Gasteiger partial charge >= 0.3 is 37.7 Å². The van der Waals surface area contributed by atoms with Crippen molar-refractivity contribution in [1.82, 2.24) is 0 Å². The summed E-state index contributed by atoms with van der Waals surface area (Å²) in [5.74, 6) is -0.729. The summed E-state index contributed by atoms with van der Waals surface area (Å²) in [5, 5.41) is 20.3. The van der Waals surface area contributed by atoms with Crippen molar-refractivity contribution in [3.8, 4) is 0 Å². The fourth-order valence-corrected chi connectivity index (χ4v) is 5.77. The Morgan fingerprint density at radius 1 is 1.28 bits per heavy atom. The molecule has 1 aromatic carbocycles. The number of halogens is 1. The van der Waals surface area contributed by atoms with Crippen LogP contribution in [0, 0.1) is 23.6 Å². The zero-order valence-electron chi connectivity index (χ0n) is 20.2. The van der Waals surface area contributed by atoms with Crippen molar-refractivity contribution in [1.29, 1.82) is 0 Å². The van der Waals surface area contributed by atoms with E-state index in [1.165, 1.54) is 6.07 Å². The maximum absolute atomic E-state index is 13.8. The molecule has 0 bridgehead atoms. The second kappa shape index (κ2) is 11.7. The number of carboxylic acid groups (broad SMARTS) is 1. The summed E-state index contributed by atoms with van der Waals surface area (Å²) >= 11 is 0. The number of rotatable bonds is 7. The molecule has 0 heterocycles. The number of aliphatic carboxylic acids is 1. The molecule has 1 aliphatic carbocycles. The van der Waals surface area contributed by atoms with Crippen LogP contribution < -0.4 is 47.7 Å². The van der Waals surface area contributed by atoms with Crippen LogP contribution in [0.1, 0.15) is 58.1 Å². The smallest absolute Gasteiger partial charge is 0.796 e. The van der Waals surface area contributed by atoms with Crippen LogP contribution in [0.15, 0.2) is 35.7 Å². The van der Waals surface area contributed by atoms with E-state index < -0.39 is 32.0 Å². The molecule has 32 heavy (non-hydrogen) atoms. The summed E-state index contributed by atoms with van der Waals surface area (Å²) in [6.45, 7) is 10.1. The van der Waals surface area contributed by atoms with Gasteiger partial charge in [0.15, 0.2) is 0 Å². The Hall–Kier alpha value is -0.555. The zero-order valence-corrected chi connectivity index (χ0v) is 21.1. The monoisotopic (exact) mass is 450 g/mol. The molecule has 0 amide bonds. The minimum atomic E-state index is -4.16. The summed E-state index contributed by atoms with van der Waals surface area (Å²) < 4.78 is 26.2. The molecule has 0 fully saturated rings. The van der Waals surface area contributed by atoms with Gasteiger partial charge < -0.3 is 24.5 Å². The van der Waals surface area contributed by atoms with Gasteiger partial charge in [0, 0.05) is 25.9 Å². The summed E-state index contributed by atoms with van der Waals surface area (Å²) in [6, 6.07) is 4.90. The van der Waals surface area contributed by atoms with Crippen LogP contribution in [0.25, 0.3) is 5.57 Å². The van der Waals surface area contributed by atoms with E-state index in [2.05, 4.69) is 13.8 Å². The van der Waals surface area contributed by atoms with Gasteiger partial charge in [0.25, 0.3) is 0 Å². The topological polar surface area (TPSA) is 100 Å². The van der Waals surface area contributed by atoms with E-state index >= 15 is 0 Å². The Morgan fingerprint density at radius 3 is 2.41 bits per heavy atom. The molecule has 1 unspecified atom stereocenters. The molecule has 1 aliphatic rings. The van der Waals surface area contributed by atoms with Crippen molar-refractivity contribution in [3.63, 3.8) is 0 Å². The van der Waals surface area contributed by atoms with Crippen LogP contribution in [0.5, 0.6) is 0 Å². The van der Waals surface area contributed by atoms with E-state index in [4.69, 9.17) is 0 Å². The quantitative estimate of drug-likeness (QED) is 0.363. The molecular formula is C23H30FLi2O5P.